The summed E-state index contributed by atoms with van der Waals surface area (Å²) in [5.74, 6) is 0.997. The van der Waals surface area contributed by atoms with Crippen molar-refractivity contribution in [3.63, 3.8) is 0 Å². The van der Waals surface area contributed by atoms with E-state index in [0.29, 0.717) is 11.8 Å². The van der Waals surface area contributed by atoms with Crippen LogP contribution >= 0.6 is 0 Å². The minimum Gasteiger partial charge on any atom is -0.325 e. The summed E-state index contributed by atoms with van der Waals surface area (Å²) in [6.45, 7) is 7.65. The first-order valence-corrected chi connectivity index (χ1v) is 8.40. The third kappa shape index (κ3) is 3.73. The van der Waals surface area contributed by atoms with Gasteiger partial charge < -0.3 is 9.80 Å². The number of amides is 1. The fourth-order valence-electron chi connectivity index (χ4n) is 3.62. The molecule has 2 fully saturated rings. The number of unbranched alkanes of at least 4 members (excludes halogenated alkanes) is 1. The van der Waals surface area contributed by atoms with Gasteiger partial charge in [-0.05, 0) is 45.2 Å². The van der Waals surface area contributed by atoms with E-state index >= 15 is 0 Å². The van der Waals surface area contributed by atoms with Crippen LogP contribution in [0, 0.1) is 5.92 Å². The summed E-state index contributed by atoms with van der Waals surface area (Å²) >= 11 is 0. The molecule has 4 heteroatoms. The highest BCUT2D eigenvalue weighted by Crippen LogP contribution is 2.22. The van der Waals surface area contributed by atoms with E-state index in [4.69, 9.17) is 0 Å². The summed E-state index contributed by atoms with van der Waals surface area (Å²) in [5.41, 5.74) is 0. The summed E-state index contributed by atoms with van der Waals surface area (Å²) in [5, 5.41) is 3.54. The largest absolute Gasteiger partial charge is 0.325 e. The monoisotopic (exact) mass is 281 g/mol. The smallest absolute Gasteiger partial charge is 0.241 e. The van der Waals surface area contributed by atoms with Crippen molar-refractivity contribution in [1.29, 1.82) is 0 Å². The molecule has 1 N–H and O–H groups in total. The zero-order chi connectivity index (χ0) is 14.5. The van der Waals surface area contributed by atoms with Gasteiger partial charge in [0.1, 0.15) is 0 Å². The molecule has 2 heterocycles. The molecule has 0 bridgehead atoms. The minimum atomic E-state index is 0.0706. The molecule has 2 rings (SSSR count). The van der Waals surface area contributed by atoms with Gasteiger partial charge in [-0.1, -0.05) is 26.7 Å². The Morgan fingerprint density at radius 3 is 2.80 bits per heavy atom. The molecule has 1 amide bonds. The average Bonchev–Trinajstić information content (AvgIpc) is 2.73. The molecule has 0 radical (unpaired) electrons. The van der Waals surface area contributed by atoms with Crippen LogP contribution in [0.1, 0.15) is 52.4 Å². The van der Waals surface area contributed by atoms with E-state index in [1.807, 2.05) is 0 Å². The lowest BCUT2D eigenvalue weighted by molar-refractivity contribution is -0.131. The van der Waals surface area contributed by atoms with Gasteiger partial charge >= 0.3 is 0 Å². The molecule has 0 aromatic rings. The summed E-state index contributed by atoms with van der Waals surface area (Å²) in [4.78, 5) is 17.1. The van der Waals surface area contributed by atoms with Crippen molar-refractivity contribution in [1.82, 2.24) is 15.1 Å². The van der Waals surface area contributed by atoms with Gasteiger partial charge in [0.25, 0.3) is 0 Å². The van der Waals surface area contributed by atoms with E-state index in [-0.39, 0.29) is 12.2 Å². The maximum Gasteiger partial charge on any atom is 0.241 e. The Morgan fingerprint density at radius 2 is 2.15 bits per heavy atom. The van der Waals surface area contributed by atoms with Crippen LogP contribution in [-0.2, 0) is 4.79 Å². The van der Waals surface area contributed by atoms with Gasteiger partial charge in [0, 0.05) is 13.1 Å². The van der Waals surface area contributed by atoms with E-state index in [2.05, 4.69) is 36.0 Å². The molecule has 20 heavy (non-hydrogen) atoms. The van der Waals surface area contributed by atoms with Crippen LogP contribution < -0.4 is 5.32 Å². The Kier molecular flexibility index (Phi) is 5.85. The second kappa shape index (κ2) is 7.41. The molecule has 116 valence electrons. The number of nitrogens with zero attached hydrogens (tertiary/aromatic N) is 2. The average molecular weight is 281 g/mol. The first kappa shape index (κ1) is 15.8. The van der Waals surface area contributed by atoms with Crippen LogP contribution in [0.2, 0.25) is 0 Å². The van der Waals surface area contributed by atoms with Gasteiger partial charge in [-0.2, -0.15) is 0 Å². The molecule has 0 spiro atoms. The molecular weight excluding hydrogens is 250 g/mol. The van der Waals surface area contributed by atoms with Gasteiger partial charge in [0.05, 0.1) is 12.2 Å². The van der Waals surface area contributed by atoms with Crippen LogP contribution in [-0.4, -0.2) is 54.6 Å². The number of nitrogens with one attached hydrogen (secondary N) is 1. The maximum absolute atomic E-state index is 12.6. The Bertz CT molecular complexity index is 321. The standard InChI is InChI=1S/C16H31N3O/c1-4-6-9-14-16(20)19(15(5-2)17-14)12-13-8-7-10-18(3)11-13/h13-15,17H,4-12H2,1-3H3. The number of likely N-dealkylation sites (tertiary alicyclic amines) is 1. The number of rotatable bonds is 6. The third-order valence-corrected chi connectivity index (χ3v) is 4.76. The van der Waals surface area contributed by atoms with E-state index in [0.717, 1.165) is 38.8 Å². The lowest BCUT2D eigenvalue weighted by Gasteiger charge is -2.34. The molecule has 3 atom stereocenters. The van der Waals surface area contributed by atoms with E-state index in [1.54, 1.807) is 0 Å². The van der Waals surface area contributed by atoms with Crippen molar-refractivity contribution in [2.45, 2.75) is 64.6 Å². The Balaban J connectivity index is 1.92. The van der Waals surface area contributed by atoms with Gasteiger partial charge in [-0.25, -0.2) is 0 Å². The number of carbonyl (C=O) groups excluding carboxylic acids is 1. The molecular formula is C16H31N3O. The molecule has 0 aliphatic carbocycles. The summed E-state index contributed by atoms with van der Waals surface area (Å²) in [6.07, 6.45) is 7.10. The fraction of sp³-hybridized carbons (Fsp3) is 0.938. The molecule has 3 unspecified atom stereocenters. The minimum absolute atomic E-state index is 0.0706. The predicted molar refractivity (Wildman–Crippen MR) is 82.5 cm³/mol. The second-order valence-corrected chi connectivity index (χ2v) is 6.55. The highest BCUT2D eigenvalue weighted by Gasteiger charge is 2.38. The van der Waals surface area contributed by atoms with E-state index in [1.165, 1.54) is 19.4 Å². The molecule has 4 nitrogen and oxygen atoms in total. The van der Waals surface area contributed by atoms with Gasteiger partial charge in [0.15, 0.2) is 0 Å². The predicted octanol–water partition coefficient (Wildman–Crippen LogP) is 2.05. The first-order chi connectivity index (χ1) is 9.65. The Morgan fingerprint density at radius 1 is 1.35 bits per heavy atom. The number of piperidine rings is 1. The van der Waals surface area contributed by atoms with Crippen molar-refractivity contribution in [3.05, 3.63) is 0 Å². The van der Waals surface area contributed by atoms with Crippen LogP contribution in [0.4, 0.5) is 0 Å². The van der Waals surface area contributed by atoms with Crippen LogP contribution in [0.5, 0.6) is 0 Å². The van der Waals surface area contributed by atoms with Crippen molar-refractivity contribution in [2.75, 3.05) is 26.7 Å². The van der Waals surface area contributed by atoms with E-state index < -0.39 is 0 Å². The van der Waals surface area contributed by atoms with Crippen molar-refractivity contribution >= 4 is 5.91 Å². The fourth-order valence-corrected chi connectivity index (χ4v) is 3.62. The number of hydrogen-bond acceptors (Lipinski definition) is 3. The topological polar surface area (TPSA) is 35.6 Å². The SMILES string of the molecule is CCCCC1NC(CC)N(CC2CCCN(C)C2)C1=O. The Hall–Kier alpha value is -0.610. The van der Waals surface area contributed by atoms with Crippen molar-refractivity contribution in [2.24, 2.45) is 5.92 Å². The van der Waals surface area contributed by atoms with Gasteiger partial charge in [-0.3, -0.25) is 10.1 Å². The first-order valence-electron chi connectivity index (χ1n) is 8.40. The van der Waals surface area contributed by atoms with Crippen LogP contribution in [0.3, 0.4) is 0 Å². The van der Waals surface area contributed by atoms with Crippen LogP contribution in [0.15, 0.2) is 0 Å². The van der Waals surface area contributed by atoms with Gasteiger partial charge in [-0.15, -0.1) is 0 Å². The Labute approximate surface area is 123 Å². The summed E-state index contributed by atoms with van der Waals surface area (Å²) in [6, 6.07) is 0.0706. The third-order valence-electron chi connectivity index (χ3n) is 4.76. The molecule has 2 saturated heterocycles. The molecule has 2 aliphatic heterocycles. The molecule has 0 saturated carbocycles. The number of carbonyl (C=O) groups is 1. The highest BCUT2D eigenvalue weighted by atomic mass is 16.2. The lowest BCUT2D eigenvalue weighted by atomic mass is 9.97. The highest BCUT2D eigenvalue weighted by molar-refractivity contribution is 5.84. The maximum atomic E-state index is 12.6. The molecule has 0 aromatic carbocycles. The molecule has 0 aromatic heterocycles. The lowest BCUT2D eigenvalue weighted by Crippen LogP contribution is -2.44. The molecule has 2 aliphatic rings. The zero-order valence-corrected chi connectivity index (χ0v) is 13.4. The quantitative estimate of drug-likeness (QED) is 0.809. The van der Waals surface area contributed by atoms with Crippen molar-refractivity contribution < 1.29 is 4.79 Å². The summed E-state index contributed by atoms with van der Waals surface area (Å²) < 4.78 is 0. The second-order valence-electron chi connectivity index (χ2n) is 6.55. The van der Waals surface area contributed by atoms with Gasteiger partial charge in [0.2, 0.25) is 5.91 Å². The van der Waals surface area contributed by atoms with Crippen molar-refractivity contribution in [3.8, 4) is 0 Å². The normalized spacial score (nSPS) is 32.0. The number of hydrogen-bond donors (Lipinski definition) is 1. The van der Waals surface area contributed by atoms with E-state index in [9.17, 15) is 4.79 Å². The zero-order valence-electron chi connectivity index (χ0n) is 13.4. The van der Waals surface area contributed by atoms with Crippen LogP contribution in [0.25, 0.3) is 0 Å². The summed E-state index contributed by atoms with van der Waals surface area (Å²) in [7, 11) is 2.19.